The molecule has 0 unspecified atom stereocenters. The van der Waals surface area contributed by atoms with Gasteiger partial charge in [-0.05, 0) is 44.7 Å². The van der Waals surface area contributed by atoms with Crippen LogP contribution in [0, 0.1) is 5.92 Å². The van der Waals surface area contributed by atoms with Crippen molar-refractivity contribution in [3.05, 3.63) is 0 Å². The van der Waals surface area contributed by atoms with Gasteiger partial charge >= 0.3 is 6.03 Å². The van der Waals surface area contributed by atoms with Crippen LogP contribution in [0.5, 0.6) is 0 Å². The first kappa shape index (κ1) is 14.3. The lowest BCUT2D eigenvalue weighted by Crippen LogP contribution is -2.48. The Morgan fingerprint density at radius 3 is 2.37 bits per heavy atom. The Bertz CT molecular complexity index is 319. The van der Waals surface area contributed by atoms with E-state index in [4.69, 9.17) is 0 Å². The van der Waals surface area contributed by atoms with Gasteiger partial charge in [0.1, 0.15) is 0 Å². The summed E-state index contributed by atoms with van der Waals surface area (Å²) < 4.78 is 0. The zero-order valence-corrected chi connectivity index (χ0v) is 11.8. The number of nitrogens with one attached hydrogen (secondary N) is 2. The van der Waals surface area contributed by atoms with Crippen LogP contribution in [0.3, 0.4) is 0 Å². The first-order valence-electron chi connectivity index (χ1n) is 7.46. The van der Waals surface area contributed by atoms with Crippen LogP contribution in [-0.2, 0) is 4.79 Å². The summed E-state index contributed by atoms with van der Waals surface area (Å²) in [4.78, 5) is 25.5. The van der Waals surface area contributed by atoms with Crippen LogP contribution in [0.4, 0.5) is 4.79 Å². The van der Waals surface area contributed by atoms with Crippen molar-refractivity contribution < 1.29 is 9.59 Å². The van der Waals surface area contributed by atoms with E-state index in [1.165, 1.54) is 12.8 Å². The van der Waals surface area contributed by atoms with Gasteiger partial charge in [-0.15, -0.1) is 0 Å². The maximum Gasteiger partial charge on any atom is 0.321 e. The van der Waals surface area contributed by atoms with Crippen molar-refractivity contribution in [1.29, 1.82) is 0 Å². The zero-order chi connectivity index (χ0) is 13.7. The number of hydrogen-bond donors (Lipinski definition) is 2. The average Bonchev–Trinajstić information content (AvgIpc) is 2.84. The maximum absolute atomic E-state index is 11.8. The molecular formula is C14H25N3O2. The Hall–Kier alpha value is -1.10. The largest absolute Gasteiger partial charge is 0.335 e. The summed E-state index contributed by atoms with van der Waals surface area (Å²) in [6, 6.07) is -0.0779. The molecule has 2 rings (SSSR count). The molecule has 3 amide bonds. The lowest BCUT2D eigenvalue weighted by molar-refractivity contribution is -0.121. The first-order valence-corrected chi connectivity index (χ1v) is 7.46. The first-order chi connectivity index (χ1) is 9.13. The highest BCUT2D eigenvalue weighted by Gasteiger charge is 2.21. The molecule has 19 heavy (non-hydrogen) atoms. The van der Waals surface area contributed by atoms with Gasteiger partial charge in [0.15, 0.2) is 0 Å². The van der Waals surface area contributed by atoms with Crippen molar-refractivity contribution in [3.8, 4) is 0 Å². The number of amides is 3. The highest BCUT2D eigenvalue weighted by Crippen LogP contribution is 2.17. The standard InChI is InChI=1S/C14H25N3O2/c1-11-6-8-17(9-7-11)10-13(18)16-14(19)15-12-4-2-3-5-12/h11-12H,2-10H2,1H3,(H2,15,16,18,19). The summed E-state index contributed by atoms with van der Waals surface area (Å²) >= 11 is 0. The number of likely N-dealkylation sites (tertiary alicyclic amines) is 1. The molecule has 0 radical (unpaired) electrons. The lowest BCUT2D eigenvalue weighted by atomic mass is 9.99. The number of imide groups is 1. The van der Waals surface area contributed by atoms with E-state index in [1.54, 1.807) is 0 Å². The van der Waals surface area contributed by atoms with Gasteiger partial charge in [0.2, 0.25) is 5.91 Å². The zero-order valence-electron chi connectivity index (χ0n) is 11.8. The van der Waals surface area contributed by atoms with Crippen LogP contribution in [0.1, 0.15) is 45.4 Å². The Balaban J connectivity index is 1.64. The molecule has 108 valence electrons. The van der Waals surface area contributed by atoms with Crippen molar-refractivity contribution in [2.45, 2.75) is 51.5 Å². The molecule has 1 aliphatic carbocycles. The molecule has 0 atom stereocenters. The number of piperidine rings is 1. The third-order valence-electron chi connectivity index (χ3n) is 4.19. The van der Waals surface area contributed by atoms with Gasteiger partial charge in [0, 0.05) is 6.04 Å². The monoisotopic (exact) mass is 267 g/mol. The summed E-state index contributed by atoms with van der Waals surface area (Å²) in [5.41, 5.74) is 0. The number of urea groups is 1. The summed E-state index contributed by atoms with van der Waals surface area (Å²) in [6.45, 7) is 4.49. The number of hydrogen-bond acceptors (Lipinski definition) is 3. The Labute approximate surface area is 115 Å². The molecule has 0 bridgehead atoms. The molecule has 2 aliphatic rings. The van der Waals surface area contributed by atoms with Gasteiger partial charge in [-0.1, -0.05) is 19.8 Å². The smallest absolute Gasteiger partial charge is 0.321 e. The Morgan fingerprint density at radius 1 is 1.11 bits per heavy atom. The van der Waals surface area contributed by atoms with Gasteiger partial charge in [0.05, 0.1) is 6.54 Å². The van der Waals surface area contributed by atoms with E-state index in [9.17, 15) is 9.59 Å². The molecule has 1 saturated heterocycles. The minimum Gasteiger partial charge on any atom is -0.335 e. The fourth-order valence-corrected chi connectivity index (χ4v) is 2.88. The number of rotatable bonds is 3. The van der Waals surface area contributed by atoms with Gasteiger partial charge in [-0.3, -0.25) is 15.0 Å². The molecule has 0 aromatic carbocycles. The molecule has 2 fully saturated rings. The normalized spacial score (nSPS) is 22.4. The van der Waals surface area contributed by atoms with Crippen LogP contribution in [0.2, 0.25) is 0 Å². The van der Waals surface area contributed by atoms with Gasteiger partial charge in [-0.25, -0.2) is 4.79 Å². The lowest BCUT2D eigenvalue weighted by Gasteiger charge is -2.29. The van der Waals surface area contributed by atoms with E-state index >= 15 is 0 Å². The van der Waals surface area contributed by atoms with E-state index in [1.807, 2.05) is 0 Å². The van der Waals surface area contributed by atoms with Crippen LogP contribution in [0.25, 0.3) is 0 Å². The van der Waals surface area contributed by atoms with Gasteiger partial charge < -0.3 is 5.32 Å². The molecule has 1 heterocycles. The predicted octanol–water partition coefficient (Wildman–Crippen LogP) is 1.49. The fourth-order valence-electron chi connectivity index (χ4n) is 2.88. The maximum atomic E-state index is 11.8. The van der Waals surface area contributed by atoms with Crippen LogP contribution < -0.4 is 10.6 Å². The SMILES string of the molecule is CC1CCN(CC(=O)NC(=O)NC2CCCC2)CC1. The third kappa shape index (κ3) is 4.82. The molecule has 1 aliphatic heterocycles. The number of carbonyl (C=O) groups excluding carboxylic acids is 2. The van der Waals surface area contributed by atoms with Crippen molar-refractivity contribution in [2.24, 2.45) is 5.92 Å². The summed E-state index contributed by atoms with van der Waals surface area (Å²) in [5, 5.41) is 5.30. The minimum atomic E-state index is -0.331. The van der Waals surface area contributed by atoms with Crippen LogP contribution >= 0.6 is 0 Å². The van der Waals surface area contributed by atoms with Gasteiger partial charge in [-0.2, -0.15) is 0 Å². The summed E-state index contributed by atoms with van der Waals surface area (Å²) in [7, 11) is 0. The van der Waals surface area contributed by atoms with E-state index in [2.05, 4.69) is 22.5 Å². The molecule has 0 aromatic heterocycles. The van der Waals surface area contributed by atoms with Crippen molar-refractivity contribution >= 4 is 11.9 Å². The highest BCUT2D eigenvalue weighted by molar-refractivity contribution is 5.95. The van der Waals surface area contributed by atoms with Crippen molar-refractivity contribution in [3.63, 3.8) is 0 Å². The fraction of sp³-hybridized carbons (Fsp3) is 0.857. The summed E-state index contributed by atoms with van der Waals surface area (Å²) in [5.74, 6) is 0.565. The molecule has 1 saturated carbocycles. The van der Waals surface area contributed by atoms with Crippen LogP contribution in [0.15, 0.2) is 0 Å². The van der Waals surface area contributed by atoms with Crippen molar-refractivity contribution in [1.82, 2.24) is 15.5 Å². The van der Waals surface area contributed by atoms with E-state index < -0.39 is 0 Å². The second kappa shape index (κ2) is 6.89. The predicted molar refractivity (Wildman–Crippen MR) is 73.8 cm³/mol. The Kier molecular flexibility index (Phi) is 5.19. The average molecular weight is 267 g/mol. The second-order valence-electron chi connectivity index (χ2n) is 5.96. The molecule has 0 spiro atoms. The van der Waals surface area contributed by atoms with Gasteiger partial charge in [0.25, 0.3) is 0 Å². The highest BCUT2D eigenvalue weighted by atomic mass is 16.2. The topological polar surface area (TPSA) is 61.4 Å². The second-order valence-corrected chi connectivity index (χ2v) is 5.96. The van der Waals surface area contributed by atoms with Crippen LogP contribution in [-0.4, -0.2) is 42.5 Å². The molecule has 5 heteroatoms. The molecular weight excluding hydrogens is 242 g/mol. The quantitative estimate of drug-likeness (QED) is 0.814. The molecule has 5 nitrogen and oxygen atoms in total. The molecule has 2 N–H and O–H groups in total. The minimum absolute atomic E-state index is 0.190. The Morgan fingerprint density at radius 2 is 1.74 bits per heavy atom. The van der Waals surface area contributed by atoms with E-state index in [0.717, 1.165) is 44.7 Å². The third-order valence-corrected chi connectivity index (χ3v) is 4.19. The van der Waals surface area contributed by atoms with E-state index in [0.29, 0.717) is 6.54 Å². The number of nitrogens with zero attached hydrogens (tertiary/aromatic N) is 1. The molecule has 0 aromatic rings. The number of carbonyl (C=O) groups is 2. The van der Waals surface area contributed by atoms with E-state index in [-0.39, 0.29) is 18.0 Å². The summed E-state index contributed by atoms with van der Waals surface area (Å²) in [6.07, 6.45) is 6.69. The van der Waals surface area contributed by atoms with Crippen molar-refractivity contribution in [2.75, 3.05) is 19.6 Å².